The molecule has 1 aromatic carbocycles. The van der Waals surface area contributed by atoms with Gasteiger partial charge in [0.05, 0.1) is 22.6 Å². The van der Waals surface area contributed by atoms with Crippen molar-refractivity contribution in [3.8, 4) is 5.69 Å². The van der Waals surface area contributed by atoms with Gasteiger partial charge in [-0.2, -0.15) is 5.10 Å². The Balaban J connectivity index is 2.15. The fourth-order valence-corrected chi connectivity index (χ4v) is 3.26. The van der Waals surface area contributed by atoms with Crippen LogP contribution in [0, 0.1) is 0 Å². The van der Waals surface area contributed by atoms with Crippen LogP contribution in [0.5, 0.6) is 0 Å². The van der Waals surface area contributed by atoms with E-state index < -0.39 is 0 Å². The van der Waals surface area contributed by atoms with Crippen LogP contribution < -0.4 is 0 Å². The quantitative estimate of drug-likeness (QED) is 0.797. The molecule has 0 unspecified atom stereocenters. The molecule has 3 rings (SSSR count). The Labute approximate surface area is 138 Å². The second kappa shape index (κ2) is 5.63. The fraction of sp³-hybridized carbons (Fsp3) is 0.500. The molecule has 0 N–H and O–H groups in total. The van der Waals surface area contributed by atoms with Crippen LogP contribution in [-0.2, 0) is 11.8 Å². The summed E-state index contributed by atoms with van der Waals surface area (Å²) in [7, 11) is 0. The lowest BCUT2D eigenvalue weighted by Gasteiger charge is -2.19. The molecule has 3 heteroatoms. The normalized spacial score (nSPS) is 15.1. The van der Waals surface area contributed by atoms with Crippen LogP contribution in [0.25, 0.3) is 5.69 Å². The molecule has 3 nitrogen and oxygen atoms in total. The number of fused-ring (bicyclic) bond motifs is 1. The van der Waals surface area contributed by atoms with Crippen molar-refractivity contribution in [3.05, 3.63) is 46.8 Å². The molecular weight excluding hydrogens is 284 g/mol. The Morgan fingerprint density at radius 3 is 2.30 bits per heavy atom. The predicted molar refractivity (Wildman–Crippen MR) is 93.6 cm³/mol. The summed E-state index contributed by atoms with van der Waals surface area (Å²) < 4.78 is 2.00. The molecule has 1 heterocycles. The molecule has 0 saturated carbocycles. The number of hydrogen-bond donors (Lipinski definition) is 0. The molecule has 23 heavy (non-hydrogen) atoms. The van der Waals surface area contributed by atoms with Crippen LogP contribution >= 0.6 is 0 Å². The molecule has 1 aromatic heterocycles. The Kier molecular flexibility index (Phi) is 3.91. The van der Waals surface area contributed by atoms with Crippen molar-refractivity contribution in [2.45, 2.75) is 65.2 Å². The van der Waals surface area contributed by atoms with Gasteiger partial charge in [-0.05, 0) is 36.5 Å². The zero-order chi connectivity index (χ0) is 16.8. The van der Waals surface area contributed by atoms with Crippen molar-refractivity contribution in [3.63, 3.8) is 0 Å². The summed E-state index contributed by atoms with van der Waals surface area (Å²) in [5.41, 5.74) is 5.14. The highest BCUT2D eigenvalue weighted by atomic mass is 16.1. The van der Waals surface area contributed by atoms with E-state index in [0.29, 0.717) is 12.3 Å². The number of carbonyl (C=O) groups is 1. The van der Waals surface area contributed by atoms with Crippen molar-refractivity contribution >= 4 is 5.78 Å². The molecule has 122 valence electrons. The van der Waals surface area contributed by atoms with E-state index in [-0.39, 0.29) is 11.2 Å². The summed E-state index contributed by atoms with van der Waals surface area (Å²) >= 11 is 0. The van der Waals surface area contributed by atoms with Crippen LogP contribution in [0.3, 0.4) is 0 Å². The minimum Gasteiger partial charge on any atom is -0.294 e. The van der Waals surface area contributed by atoms with Gasteiger partial charge < -0.3 is 0 Å². The number of ketones is 1. The summed E-state index contributed by atoms with van der Waals surface area (Å²) in [6.45, 7) is 10.8. The van der Waals surface area contributed by atoms with Crippen LogP contribution in [0.4, 0.5) is 0 Å². The third-order valence-corrected chi connectivity index (χ3v) is 4.59. The third kappa shape index (κ3) is 2.85. The molecule has 0 saturated heterocycles. The van der Waals surface area contributed by atoms with E-state index >= 15 is 0 Å². The summed E-state index contributed by atoms with van der Waals surface area (Å²) in [5.74, 6) is 0.767. The lowest BCUT2D eigenvalue weighted by molar-refractivity contribution is 0.0970. The first kappa shape index (κ1) is 16.0. The molecule has 0 fully saturated rings. The number of rotatable bonds is 2. The van der Waals surface area contributed by atoms with E-state index in [2.05, 4.69) is 58.9 Å². The molecule has 0 aliphatic heterocycles. The molecule has 0 bridgehead atoms. The molecule has 1 aliphatic carbocycles. The van der Waals surface area contributed by atoms with E-state index in [0.717, 1.165) is 35.5 Å². The Morgan fingerprint density at radius 2 is 1.74 bits per heavy atom. The van der Waals surface area contributed by atoms with Gasteiger partial charge in [0.1, 0.15) is 0 Å². The van der Waals surface area contributed by atoms with Gasteiger partial charge in [-0.1, -0.05) is 46.8 Å². The molecule has 1 aliphatic rings. The maximum absolute atomic E-state index is 12.5. The highest BCUT2D eigenvalue weighted by Gasteiger charge is 2.32. The first-order valence-electron chi connectivity index (χ1n) is 8.55. The number of Topliss-reactive ketones (excluding diaryl/α,β-unsaturated/α-hetero) is 1. The minimum atomic E-state index is -0.125. The molecule has 0 amide bonds. The van der Waals surface area contributed by atoms with Crippen LogP contribution in [0.1, 0.15) is 80.7 Å². The maximum Gasteiger partial charge on any atom is 0.166 e. The van der Waals surface area contributed by atoms with Gasteiger partial charge in [-0.3, -0.25) is 4.79 Å². The van der Waals surface area contributed by atoms with Gasteiger partial charge in [0.25, 0.3) is 0 Å². The molecule has 2 aromatic rings. The van der Waals surface area contributed by atoms with Crippen LogP contribution in [0.15, 0.2) is 24.3 Å². The van der Waals surface area contributed by atoms with E-state index in [9.17, 15) is 4.79 Å². The van der Waals surface area contributed by atoms with Gasteiger partial charge in [0.15, 0.2) is 5.78 Å². The average Bonchev–Trinajstić information content (AvgIpc) is 2.88. The Hall–Kier alpha value is -1.90. The smallest absolute Gasteiger partial charge is 0.166 e. The number of hydrogen-bond acceptors (Lipinski definition) is 2. The average molecular weight is 310 g/mol. The van der Waals surface area contributed by atoms with Gasteiger partial charge in [0, 0.05) is 11.8 Å². The fourth-order valence-electron chi connectivity index (χ4n) is 3.26. The zero-order valence-corrected chi connectivity index (χ0v) is 14.8. The number of nitrogens with zero attached hydrogens (tertiary/aromatic N) is 2. The zero-order valence-electron chi connectivity index (χ0n) is 14.8. The van der Waals surface area contributed by atoms with Gasteiger partial charge in [0.2, 0.25) is 0 Å². The van der Waals surface area contributed by atoms with E-state index in [4.69, 9.17) is 5.10 Å². The van der Waals surface area contributed by atoms with Gasteiger partial charge in [-0.15, -0.1) is 0 Å². The summed E-state index contributed by atoms with van der Waals surface area (Å²) in [6, 6.07) is 8.56. The Morgan fingerprint density at radius 1 is 1.09 bits per heavy atom. The summed E-state index contributed by atoms with van der Waals surface area (Å²) in [5, 5.41) is 4.85. The van der Waals surface area contributed by atoms with E-state index in [1.54, 1.807) is 0 Å². The summed E-state index contributed by atoms with van der Waals surface area (Å²) in [6.07, 6.45) is 2.50. The van der Waals surface area contributed by atoms with Crippen molar-refractivity contribution < 1.29 is 4.79 Å². The maximum atomic E-state index is 12.5. The van der Waals surface area contributed by atoms with Crippen molar-refractivity contribution in [1.29, 1.82) is 0 Å². The van der Waals surface area contributed by atoms with Crippen molar-refractivity contribution in [2.24, 2.45) is 0 Å². The topological polar surface area (TPSA) is 34.9 Å². The van der Waals surface area contributed by atoms with E-state index in [1.807, 2.05) is 4.68 Å². The molecule has 0 radical (unpaired) electrons. The SMILES string of the molecule is CC(C)c1ccc(-n2nc(C(C)(C)C)c3c2CCCC3=O)cc1. The lowest BCUT2D eigenvalue weighted by atomic mass is 9.84. The van der Waals surface area contributed by atoms with Crippen LogP contribution in [-0.4, -0.2) is 15.6 Å². The van der Waals surface area contributed by atoms with Crippen molar-refractivity contribution in [2.75, 3.05) is 0 Å². The first-order chi connectivity index (χ1) is 10.8. The number of aromatic nitrogens is 2. The molecule has 0 spiro atoms. The highest BCUT2D eigenvalue weighted by molar-refractivity contribution is 5.99. The second-order valence-electron chi connectivity index (χ2n) is 7.86. The van der Waals surface area contributed by atoms with Gasteiger partial charge in [-0.25, -0.2) is 4.68 Å². The number of carbonyl (C=O) groups excluding carboxylic acids is 1. The highest BCUT2D eigenvalue weighted by Crippen LogP contribution is 2.33. The Bertz CT molecular complexity index is 730. The van der Waals surface area contributed by atoms with Crippen molar-refractivity contribution in [1.82, 2.24) is 9.78 Å². The monoisotopic (exact) mass is 310 g/mol. The minimum absolute atomic E-state index is 0.125. The summed E-state index contributed by atoms with van der Waals surface area (Å²) in [4.78, 5) is 12.5. The predicted octanol–water partition coefficient (Wildman–Crippen LogP) is 4.81. The third-order valence-electron chi connectivity index (χ3n) is 4.59. The van der Waals surface area contributed by atoms with Gasteiger partial charge >= 0.3 is 0 Å². The van der Waals surface area contributed by atoms with E-state index in [1.165, 1.54) is 5.56 Å². The standard InChI is InChI=1S/C20H26N2O/c1-13(2)14-9-11-15(12-10-14)22-16-7-6-8-17(23)18(16)19(21-22)20(3,4)5/h9-13H,6-8H2,1-5H3. The largest absolute Gasteiger partial charge is 0.294 e. The first-order valence-corrected chi connectivity index (χ1v) is 8.55. The molecular formula is C20H26N2O. The number of benzene rings is 1. The lowest BCUT2D eigenvalue weighted by Crippen LogP contribution is -2.19. The second-order valence-corrected chi connectivity index (χ2v) is 7.86. The molecule has 0 atom stereocenters. The van der Waals surface area contributed by atoms with Crippen LogP contribution in [0.2, 0.25) is 0 Å².